The first-order valence-corrected chi connectivity index (χ1v) is 5.12. The Bertz CT molecular complexity index is 265. The summed E-state index contributed by atoms with van der Waals surface area (Å²) in [5.74, 6) is 1.10. The fourth-order valence-corrected chi connectivity index (χ4v) is 3.28. The molecular weight excluding hydrogens is 184 g/mol. The van der Waals surface area contributed by atoms with E-state index in [0.29, 0.717) is 18.6 Å². The van der Waals surface area contributed by atoms with Crippen molar-refractivity contribution in [2.24, 2.45) is 17.8 Å². The number of carbonyl (C=O) groups excluding carboxylic acids is 1. The van der Waals surface area contributed by atoms with Crippen LogP contribution in [0.5, 0.6) is 0 Å². The highest BCUT2D eigenvalue weighted by Gasteiger charge is 2.62. The molecule has 14 heavy (non-hydrogen) atoms. The molecule has 1 aliphatic heterocycles. The zero-order valence-corrected chi connectivity index (χ0v) is 8.14. The Morgan fingerprint density at radius 3 is 3.14 bits per heavy atom. The van der Waals surface area contributed by atoms with Crippen molar-refractivity contribution in [1.29, 1.82) is 0 Å². The fraction of sp³-hybridized carbons (Fsp3) is 0.900. The molecule has 2 aliphatic carbocycles. The van der Waals surface area contributed by atoms with Crippen molar-refractivity contribution >= 4 is 5.97 Å². The van der Waals surface area contributed by atoms with E-state index in [-0.39, 0.29) is 24.1 Å². The van der Waals surface area contributed by atoms with Crippen LogP contribution in [0.1, 0.15) is 12.8 Å². The molecule has 4 nitrogen and oxygen atoms in total. The van der Waals surface area contributed by atoms with Gasteiger partial charge in [0.1, 0.15) is 19.0 Å². The minimum Gasteiger partial charge on any atom is -0.459 e. The van der Waals surface area contributed by atoms with Crippen LogP contribution in [0.15, 0.2) is 0 Å². The predicted molar refractivity (Wildman–Crippen MR) is 46.3 cm³/mol. The first-order chi connectivity index (χ1) is 6.81. The van der Waals surface area contributed by atoms with Gasteiger partial charge in [-0.1, -0.05) is 0 Å². The molecule has 3 rings (SSSR count). The summed E-state index contributed by atoms with van der Waals surface area (Å²) in [5.41, 5.74) is 0. The van der Waals surface area contributed by atoms with Gasteiger partial charge in [-0.25, -0.2) is 0 Å². The summed E-state index contributed by atoms with van der Waals surface area (Å²) in [7, 11) is 1.61. The van der Waals surface area contributed by atoms with E-state index in [1.165, 1.54) is 0 Å². The van der Waals surface area contributed by atoms with Crippen molar-refractivity contribution < 1.29 is 19.0 Å². The largest absolute Gasteiger partial charge is 0.459 e. The molecule has 4 heteroatoms. The lowest BCUT2D eigenvalue weighted by Crippen LogP contribution is -2.34. The fourth-order valence-electron chi connectivity index (χ4n) is 3.28. The van der Waals surface area contributed by atoms with E-state index in [2.05, 4.69) is 0 Å². The molecule has 0 spiro atoms. The molecule has 2 bridgehead atoms. The topological polar surface area (TPSA) is 44.8 Å². The molecule has 5 atom stereocenters. The number of hydrogen-bond acceptors (Lipinski definition) is 4. The third-order valence-corrected chi connectivity index (χ3v) is 3.79. The number of fused-ring (bicyclic) bond motifs is 1. The molecule has 78 valence electrons. The monoisotopic (exact) mass is 198 g/mol. The smallest absolute Gasteiger partial charge is 0.309 e. The van der Waals surface area contributed by atoms with Crippen molar-refractivity contribution in [3.63, 3.8) is 0 Å². The number of rotatable bonds is 3. The van der Waals surface area contributed by atoms with Crippen molar-refractivity contribution in [1.82, 2.24) is 0 Å². The Morgan fingerprint density at radius 1 is 1.50 bits per heavy atom. The van der Waals surface area contributed by atoms with Crippen LogP contribution in [-0.2, 0) is 19.0 Å². The summed E-state index contributed by atoms with van der Waals surface area (Å²) < 4.78 is 15.8. The van der Waals surface area contributed by atoms with Gasteiger partial charge >= 0.3 is 5.97 Å². The van der Waals surface area contributed by atoms with E-state index in [1.54, 1.807) is 7.11 Å². The maximum atomic E-state index is 11.4. The third-order valence-electron chi connectivity index (χ3n) is 3.79. The third kappa shape index (κ3) is 0.982. The van der Waals surface area contributed by atoms with Gasteiger partial charge in [0.2, 0.25) is 0 Å². The number of methoxy groups -OCH3 is 1. The minimum absolute atomic E-state index is 0.00832. The molecule has 5 unspecified atom stereocenters. The van der Waals surface area contributed by atoms with Gasteiger partial charge in [-0.05, 0) is 18.8 Å². The molecule has 3 fully saturated rings. The number of ether oxygens (including phenoxy) is 3. The second-order valence-corrected chi connectivity index (χ2v) is 4.44. The van der Waals surface area contributed by atoms with Crippen LogP contribution in [-0.4, -0.2) is 32.1 Å². The zero-order chi connectivity index (χ0) is 9.71. The molecule has 0 aromatic heterocycles. The average molecular weight is 198 g/mol. The average Bonchev–Trinajstić information content (AvgIpc) is 2.76. The summed E-state index contributed by atoms with van der Waals surface area (Å²) in [4.78, 5) is 11.4. The van der Waals surface area contributed by atoms with E-state index in [1.807, 2.05) is 0 Å². The first-order valence-electron chi connectivity index (χ1n) is 5.12. The SMILES string of the molecule is COCOC1C2CC3C(=O)OC1C3C2. The van der Waals surface area contributed by atoms with Crippen molar-refractivity contribution in [3.05, 3.63) is 0 Å². The van der Waals surface area contributed by atoms with Crippen LogP contribution < -0.4 is 0 Å². The molecule has 1 heterocycles. The van der Waals surface area contributed by atoms with Gasteiger partial charge in [0, 0.05) is 13.0 Å². The van der Waals surface area contributed by atoms with Crippen molar-refractivity contribution in [3.8, 4) is 0 Å². The normalized spacial score (nSPS) is 48.6. The Hall–Kier alpha value is -0.610. The summed E-state index contributed by atoms with van der Waals surface area (Å²) in [6.07, 6.45) is 2.15. The predicted octanol–water partition coefficient (Wildman–Crippen LogP) is 0.557. The van der Waals surface area contributed by atoms with Crippen molar-refractivity contribution in [2.45, 2.75) is 25.0 Å². The molecule has 2 saturated carbocycles. The maximum Gasteiger partial charge on any atom is 0.309 e. The van der Waals surface area contributed by atoms with Crippen LogP contribution in [0.3, 0.4) is 0 Å². The number of carbonyl (C=O) groups is 1. The van der Waals surface area contributed by atoms with Crippen LogP contribution >= 0.6 is 0 Å². The standard InChI is InChI=1S/C10H14O4/c1-12-4-13-8-5-2-6-7(3-5)10(11)14-9(6)8/h5-9H,2-4H2,1H3. The molecule has 3 aliphatic rings. The molecule has 1 saturated heterocycles. The molecule has 0 N–H and O–H groups in total. The van der Waals surface area contributed by atoms with E-state index < -0.39 is 0 Å². The maximum absolute atomic E-state index is 11.4. The van der Waals surface area contributed by atoms with E-state index >= 15 is 0 Å². The van der Waals surface area contributed by atoms with Gasteiger partial charge in [0.05, 0.1) is 5.92 Å². The van der Waals surface area contributed by atoms with Crippen molar-refractivity contribution in [2.75, 3.05) is 13.9 Å². The van der Waals surface area contributed by atoms with Gasteiger partial charge in [-0.3, -0.25) is 4.79 Å². The van der Waals surface area contributed by atoms with Gasteiger partial charge in [-0.2, -0.15) is 0 Å². The molecule has 0 aromatic rings. The first kappa shape index (κ1) is 8.68. The summed E-state index contributed by atoms with van der Waals surface area (Å²) in [5, 5.41) is 0. The Morgan fingerprint density at radius 2 is 2.36 bits per heavy atom. The quantitative estimate of drug-likeness (QED) is 0.491. The van der Waals surface area contributed by atoms with Gasteiger partial charge < -0.3 is 14.2 Å². The molecule has 0 amide bonds. The second-order valence-electron chi connectivity index (χ2n) is 4.44. The highest BCUT2D eigenvalue weighted by molar-refractivity contribution is 5.76. The summed E-state index contributed by atoms with van der Waals surface area (Å²) in [6, 6.07) is 0. The molecule has 0 aromatic carbocycles. The number of esters is 1. The van der Waals surface area contributed by atoms with Crippen LogP contribution in [0.2, 0.25) is 0 Å². The summed E-state index contributed by atoms with van der Waals surface area (Å²) in [6.45, 7) is 0.298. The molecule has 0 radical (unpaired) electrons. The van der Waals surface area contributed by atoms with Crippen LogP contribution in [0, 0.1) is 17.8 Å². The Kier molecular flexibility index (Phi) is 1.82. The van der Waals surface area contributed by atoms with Crippen LogP contribution in [0.4, 0.5) is 0 Å². The number of hydrogen-bond donors (Lipinski definition) is 0. The Balaban J connectivity index is 1.75. The lowest BCUT2D eigenvalue weighted by atomic mass is 9.88. The van der Waals surface area contributed by atoms with E-state index in [4.69, 9.17) is 14.2 Å². The van der Waals surface area contributed by atoms with E-state index in [9.17, 15) is 4.79 Å². The van der Waals surface area contributed by atoms with Gasteiger partial charge in [-0.15, -0.1) is 0 Å². The van der Waals surface area contributed by atoms with E-state index in [0.717, 1.165) is 12.8 Å². The minimum atomic E-state index is -0.00832. The zero-order valence-electron chi connectivity index (χ0n) is 8.14. The van der Waals surface area contributed by atoms with Gasteiger partial charge in [0.25, 0.3) is 0 Å². The lowest BCUT2D eigenvalue weighted by molar-refractivity contribution is -0.153. The molecular formula is C10H14O4. The highest BCUT2D eigenvalue weighted by Crippen LogP contribution is 2.55. The Labute approximate surface area is 82.5 Å². The van der Waals surface area contributed by atoms with Gasteiger partial charge in [0.15, 0.2) is 0 Å². The van der Waals surface area contributed by atoms with Crippen LogP contribution in [0.25, 0.3) is 0 Å². The summed E-state index contributed by atoms with van der Waals surface area (Å²) >= 11 is 0. The second kappa shape index (κ2) is 2.94. The highest BCUT2D eigenvalue weighted by atomic mass is 16.7. The lowest BCUT2D eigenvalue weighted by Gasteiger charge is -2.24.